The number of guanidine groups is 1. The van der Waals surface area contributed by atoms with Crippen molar-refractivity contribution in [3.05, 3.63) is 35.6 Å². The van der Waals surface area contributed by atoms with Crippen molar-refractivity contribution in [1.82, 2.24) is 20.4 Å². The average Bonchev–Trinajstić information content (AvgIpc) is 3.07. The van der Waals surface area contributed by atoms with Gasteiger partial charge >= 0.3 is 0 Å². The molecule has 2 heterocycles. The van der Waals surface area contributed by atoms with Crippen LogP contribution in [0.3, 0.4) is 0 Å². The van der Waals surface area contributed by atoms with Crippen molar-refractivity contribution in [2.45, 2.75) is 39.7 Å². The van der Waals surface area contributed by atoms with Gasteiger partial charge in [-0.1, -0.05) is 24.6 Å². The zero-order valence-electron chi connectivity index (χ0n) is 19.2. The Hall–Kier alpha value is -1.81. The van der Waals surface area contributed by atoms with Crippen LogP contribution in [0.25, 0.3) is 11.0 Å². The highest BCUT2D eigenvalue weighted by molar-refractivity contribution is 14.0. The fourth-order valence-electron chi connectivity index (χ4n) is 4.31. The van der Waals surface area contributed by atoms with Crippen LogP contribution >= 0.6 is 24.0 Å². The molecule has 1 aliphatic heterocycles. The van der Waals surface area contributed by atoms with Crippen LogP contribution in [0.4, 0.5) is 0 Å². The van der Waals surface area contributed by atoms with Gasteiger partial charge in [-0.2, -0.15) is 0 Å². The lowest BCUT2D eigenvalue weighted by atomic mass is 9.84. The number of aryl methyl sites for hydroxylation is 1. The van der Waals surface area contributed by atoms with E-state index in [2.05, 4.69) is 40.3 Å². The molecule has 0 spiro atoms. The van der Waals surface area contributed by atoms with E-state index in [1.807, 2.05) is 18.2 Å². The van der Waals surface area contributed by atoms with Gasteiger partial charge in [0.05, 0.1) is 0 Å². The van der Waals surface area contributed by atoms with Gasteiger partial charge in [-0.3, -0.25) is 9.69 Å². The van der Waals surface area contributed by atoms with Crippen LogP contribution in [-0.2, 0) is 11.3 Å². The number of para-hydroxylation sites is 1. The first kappa shape index (κ1) is 24.8. The predicted octanol–water partition coefficient (Wildman–Crippen LogP) is 3.36. The molecule has 2 N–H and O–H groups in total. The summed E-state index contributed by atoms with van der Waals surface area (Å²) < 4.78 is 5.98. The number of nitrogens with zero attached hydrogens (tertiary/aromatic N) is 3. The maximum Gasteiger partial charge on any atom is 0.225 e. The molecule has 32 heavy (non-hydrogen) atoms. The number of halogens is 1. The van der Waals surface area contributed by atoms with E-state index < -0.39 is 0 Å². The molecular weight excluding hydrogens is 517 g/mol. The van der Waals surface area contributed by atoms with E-state index in [4.69, 9.17) is 9.41 Å². The summed E-state index contributed by atoms with van der Waals surface area (Å²) in [7, 11) is 0. The van der Waals surface area contributed by atoms with Crippen LogP contribution in [0.2, 0.25) is 0 Å². The molecule has 2 fully saturated rings. The SMILES string of the molecule is CCNC(=NCc1oc2ccccc2c1C)NCCN1CCN(C(=O)C2CCC2)CC1.I. The predicted molar refractivity (Wildman–Crippen MR) is 140 cm³/mol. The molecule has 1 amide bonds. The normalized spacial score (nSPS) is 17.7. The fraction of sp³-hybridized carbons (Fsp3) is 0.583. The third-order valence-corrected chi connectivity index (χ3v) is 6.53. The van der Waals surface area contributed by atoms with Crippen LogP contribution in [0, 0.1) is 12.8 Å². The number of fused-ring (bicyclic) bond motifs is 1. The minimum Gasteiger partial charge on any atom is -0.459 e. The van der Waals surface area contributed by atoms with E-state index in [-0.39, 0.29) is 24.0 Å². The van der Waals surface area contributed by atoms with E-state index in [0.717, 1.165) is 86.9 Å². The Kier molecular flexibility index (Phi) is 9.22. The summed E-state index contributed by atoms with van der Waals surface area (Å²) >= 11 is 0. The maximum absolute atomic E-state index is 12.4. The molecule has 1 aliphatic carbocycles. The minimum absolute atomic E-state index is 0. The number of furan rings is 1. The van der Waals surface area contributed by atoms with Crippen molar-refractivity contribution >= 4 is 46.8 Å². The number of carbonyl (C=O) groups excluding carboxylic acids is 1. The molecule has 0 radical (unpaired) electrons. The highest BCUT2D eigenvalue weighted by Crippen LogP contribution is 2.28. The van der Waals surface area contributed by atoms with Crippen LogP contribution in [0.15, 0.2) is 33.7 Å². The Bertz CT molecular complexity index is 916. The first-order valence-electron chi connectivity index (χ1n) is 11.7. The van der Waals surface area contributed by atoms with Crippen LogP contribution in [0.5, 0.6) is 0 Å². The zero-order chi connectivity index (χ0) is 21.6. The minimum atomic E-state index is 0. The third kappa shape index (κ3) is 5.95. The quantitative estimate of drug-likeness (QED) is 0.313. The topological polar surface area (TPSA) is 73.1 Å². The maximum atomic E-state index is 12.4. The van der Waals surface area contributed by atoms with E-state index in [0.29, 0.717) is 18.4 Å². The second-order valence-electron chi connectivity index (χ2n) is 8.56. The van der Waals surface area contributed by atoms with Gasteiger partial charge in [0, 0.05) is 62.7 Å². The van der Waals surface area contributed by atoms with Crippen LogP contribution in [-0.4, -0.2) is 67.5 Å². The number of nitrogens with one attached hydrogen (secondary N) is 2. The van der Waals surface area contributed by atoms with Gasteiger partial charge in [0.1, 0.15) is 17.9 Å². The smallest absolute Gasteiger partial charge is 0.225 e. The van der Waals surface area contributed by atoms with Gasteiger partial charge in [-0.25, -0.2) is 4.99 Å². The summed E-state index contributed by atoms with van der Waals surface area (Å²) in [5.74, 6) is 2.40. The summed E-state index contributed by atoms with van der Waals surface area (Å²) in [6, 6.07) is 8.11. The molecule has 0 atom stereocenters. The van der Waals surface area contributed by atoms with Gasteiger partial charge in [0.25, 0.3) is 0 Å². The number of hydrogen-bond acceptors (Lipinski definition) is 4. The van der Waals surface area contributed by atoms with Gasteiger partial charge in [0.2, 0.25) is 5.91 Å². The molecule has 1 saturated carbocycles. The second kappa shape index (κ2) is 11.9. The highest BCUT2D eigenvalue weighted by Gasteiger charge is 2.31. The van der Waals surface area contributed by atoms with Crippen molar-refractivity contribution < 1.29 is 9.21 Å². The molecule has 8 heteroatoms. The van der Waals surface area contributed by atoms with Crippen molar-refractivity contribution in [3.63, 3.8) is 0 Å². The third-order valence-electron chi connectivity index (χ3n) is 6.53. The lowest BCUT2D eigenvalue weighted by molar-refractivity contribution is -0.139. The molecule has 0 bridgehead atoms. The van der Waals surface area contributed by atoms with Crippen LogP contribution < -0.4 is 10.6 Å². The largest absolute Gasteiger partial charge is 0.459 e. The Morgan fingerprint density at radius 2 is 1.91 bits per heavy atom. The molecule has 0 unspecified atom stereocenters. The summed E-state index contributed by atoms with van der Waals surface area (Å²) in [5.41, 5.74) is 2.07. The van der Waals surface area contributed by atoms with Crippen molar-refractivity contribution in [2.75, 3.05) is 45.8 Å². The zero-order valence-corrected chi connectivity index (χ0v) is 21.6. The molecular formula is C24H36IN5O2. The molecule has 7 nitrogen and oxygen atoms in total. The summed E-state index contributed by atoms with van der Waals surface area (Å²) in [6.45, 7) is 10.9. The Morgan fingerprint density at radius 1 is 1.16 bits per heavy atom. The molecule has 176 valence electrons. The number of aliphatic imine (C=N–C) groups is 1. The average molecular weight is 553 g/mol. The van der Waals surface area contributed by atoms with Gasteiger partial charge in [0.15, 0.2) is 5.96 Å². The molecule has 2 aliphatic rings. The van der Waals surface area contributed by atoms with E-state index in [9.17, 15) is 4.79 Å². The monoisotopic (exact) mass is 553 g/mol. The van der Waals surface area contributed by atoms with Crippen molar-refractivity contribution in [2.24, 2.45) is 10.9 Å². The number of rotatable bonds is 7. The van der Waals surface area contributed by atoms with Gasteiger partial charge < -0.3 is 20.0 Å². The molecule has 1 saturated heterocycles. The second-order valence-corrected chi connectivity index (χ2v) is 8.56. The number of piperazine rings is 1. The van der Waals surface area contributed by atoms with Crippen molar-refractivity contribution in [3.8, 4) is 0 Å². The van der Waals surface area contributed by atoms with E-state index in [1.54, 1.807) is 0 Å². The van der Waals surface area contributed by atoms with Crippen molar-refractivity contribution in [1.29, 1.82) is 0 Å². The first-order valence-corrected chi connectivity index (χ1v) is 11.7. The number of hydrogen-bond donors (Lipinski definition) is 2. The van der Waals surface area contributed by atoms with Gasteiger partial charge in [-0.05, 0) is 32.8 Å². The highest BCUT2D eigenvalue weighted by atomic mass is 127. The molecule has 2 aromatic rings. The number of benzene rings is 1. The first-order chi connectivity index (χ1) is 15.2. The molecule has 4 rings (SSSR count). The van der Waals surface area contributed by atoms with E-state index in [1.165, 1.54) is 6.42 Å². The molecule has 1 aromatic carbocycles. The standard InChI is InChI=1S/C24H35N5O2.HI/c1-3-25-24(27-17-22-18(2)20-9-4-5-10-21(20)31-22)26-11-12-28-13-15-29(16-14-28)23(30)19-7-6-8-19;/h4-5,9-10,19H,3,6-8,11-17H2,1-2H3,(H2,25,26,27);1H. The number of carbonyl (C=O) groups is 1. The van der Waals surface area contributed by atoms with E-state index >= 15 is 0 Å². The Labute approximate surface area is 208 Å². The summed E-state index contributed by atoms with van der Waals surface area (Å²) in [5, 5.41) is 7.91. The van der Waals surface area contributed by atoms with Gasteiger partial charge in [-0.15, -0.1) is 24.0 Å². The number of amides is 1. The lowest BCUT2D eigenvalue weighted by Gasteiger charge is -2.38. The lowest BCUT2D eigenvalue weighted by Crippen LogP contribution is -2.52. The molecule has 1 aromatic heterocycles. The Balaban J connectivity index is 0.00000289. The van der Waals surface area contributed by atoms with Crippen LogP contribution in [0.1, 0.15) is 37.5 Å². The summed E-state index contributed by atoms with van der Waals surface area (Å²) in [4.78, 5) is 21.6. The Morgan fingerprint density at radius 3 is 2.56 bits per heavy atom. The fourth-order valence-corrected chi connectivity index (χ4v) is 4.31. The summed E-state index contributed by atoms with van der Waals surface area (Å²) in [6.07, 6.45) is 3.39.